The van der Waals surface area contributed by atoms with E-state index in [2.05, 4.69) is 52.0 Å². The Morgan fingerprint density at radius 3 is 1.50 bits per heavy atom. The van der Waals surface area contributed by atoms with E-state index in [0.29, 0.717) is 36.2 Å². The van der Waals surface area contributed by atoms with E-state index in [4.69, 9.17) is 9.47 Å². The smallest absolute Gasteiger partial charge is 0.339 e. The normalized spacial score (nSPS) is 13.3. The predicted octanol–water partition coefficient (Wildman–Crippen LogP) is 9.23. The molecule has 38 heavy (non-hydrogen) atoms. The van der Waals surface area contributed by atoms with Crippen molar-refractivity contribution in [3.63, 3.8) is 0 Å². The second-order valence-electron chi connectivity index (χ2n) is 10.7. The van der Waals surface area contributed by atoms with Crippen LogP contribution in [0, 0.1) is 11.8 Å². The largest absolute Gasteiger partial charge is 0.462 e. The minimum atomic E-state index is -0.448. The van der Waals surface area contributed by atoms with Crippen LogP contribution in [0.4, 0.5) is 0 Å². The summed E-state index contributed by atoms with van der Waals surface area (Å²) in [6, 6.07) is 16.1. The van der Waals surface area contributed by atoms with E-state index >= 15 is 0 Å². The third-order valence-corrected chi connectivity index (χ3v) is 8.07. The fraction of sp³-hybridized carbons (Fsp3) is 0.471. The second kappa shape index (κ2) is 13.1. The molecule has 0 radical (unpaired) electrons. The number of ether oxygens (including phenoxy) is 2. The van der Waals surface area contributed by atoms with Gasteiger partial charge in [-0.25, -0.2) is 9.59 Å². The summed E-state index contributed by atoms with van der Waals surface area (Å²) in [7, 11) is 0. The zero-order valence-corrected chi connectivity index (χ0v) is 23.5. The summed E-state index contributed by atoms with van der Waals surface area (Å²) < 4.78 is 11.7. The van der Waals surface area contributed by atoms with Crippen LogP contribution in [0.2, 0.25) is 0 Å². The van der Waals surface area contributed by atoms with E-state index < -0.39 is 11.9 Å². The summed E-state index contributed by atoms with van der Waals surface area (Å²) in [5.41, 5.74) is 4.69. The van der Waals surface area contributed by atoms with Crippen molar-refractivity contribution < 1.29 is 19.1 Å². The maximum Gasteiger partial charge on any atom is 0.339 e. The fourth-order valence-corrected chi connectivity index (χ4v) is 5.51. The first-order valence-electron chi connectivity index (χ1n) is 14.6. The molecule has 202 valence electrons. The third-order valence-electron chi connectivity index (χ3n) is 8.07. The molecule has 0 spiro atoms. The van der Waals surface area contributed by atoms with E-state index in [1.807, 2.05) is 24.3 Å². The number of fused-ring (bicyclic) bond motifs is 3. The molecule has 2 atom stereocenters. The van der Waals surface area contributed by atoms with E-state index in [1.54, 1.807) is 0 Å². The Morgan fingerprint density at radius 2 is 1.11 bits per heavy atom. The zero-order valence-electron chi connectivity index (χ0n) is 23.5. The van der Waals surface area contributed by atoms with E-state index in [0.717, 1.165) is 84.4 Å². The van der Waals surface area contributed by atoms with Gasteiger partial charge in [0, 0.05) is 0 Å². The lowest BCUT2D eigenvalue weighted by Crippen LogP contribution is -2.19. The Hall–Kier alpha value is -3.14. The first-order valence-corrected chi connectivity index (χ1v) is 14.6. The number of benzene rings is 3. The molecule has 0 bridgehead atoms. The van der Waals surface area contributed by atoms with Crippen molar-refractivity contribution in [2.45, 2.75) is 79.1 Å². The molecule has 2 unspecified atom stereocenters. The Labute approximate surface area is 227 Å². The van der Waals surface area contributed by atoms with Gasteiger partial charge < -0.3 is 9.47 Å². The van der Waals surface area contributed by atoms with Crippen molar-refractivity contribution in [1.29, 1.82) is 0 Å². The highest BCUT2D eigenvalue weighted by Crippen LogP contribution is 2.48. The molecule has 0 amide bonds. The highest BCUT2D eigenvalue weighted by molar-refractivity contribution is 6.17. The highest BCUT2D eigenvalue weighted by atomic mass is 16.5. The van der Waals surface area contributed by atoms with Crippen molar-refractivity contribution in [2.24, 2.45) is 11.8 Å². The first-order chi connectivity index (χ1) is 18.5. The van der Waals surface area contributed by atoms with Crippen LogP contribution >= 0.6 is 0 Å². The van der Waals surface area contributed by atoms with Crippen molar-refractivity contribution in [3.8, 4) is 22.3 Å². The number of carbonyl (C=O) groups excluding carboxylic acids is 2. The van der Waals surface area contributed by atoms with Gasteiger partial charge in [0.05, 0.1) is 24.3 Å². The van der Waals surface area contributed by atoms with Crippen molar-refractivity contribution in [2.75, 3.05) is 13.2 Å². The SMILES string of the molecule is CCCCC(CC)COC(=O)c1cc2c(cc1C(=O)OCC(CC)CCCC)-c1cccc3cccc-2c13. The van der Waals surface area contributed by atoms with Crippen LogP contribution in [-0.4, -0.2) is 25.2 Å². The molecule has 0 aliphatic heterocycles. The van der Waals surface area contributed by atoms with Gasteiger partial charge in [0.1, 0.15) is 0 Å². The van der Waals surface area contributed by atoms with Crippen molar-refractivity contribution in [3.05, 3.63) is 59.7 Å². The molecule has 4 rings (SSSR count). The number of hydrogen-bond acceptors (Lipinski definition) is 4. The molecule has 3 aromatic rings. The number of rotatable bonds is 14. The minimum absolute atomic E-state index is 0.297. The predicted molar refractivity (Wildman–Crippen MR) is 156 cm³/mol. The Morgan fingerprint density at radius 1 is 0.658 bits per heavy atom. The molecular weight excluding hydrogens is 472 g/mol. The van der Waals surface area contributed by atoms with Gasteiger partial charge in [-0.15, -0.1) is 0 Å². The van der Waals surface area contributed by atoms with Gasteiger partial charge in [0.15, 0.2) is 0 Å². The van der Waals surface area contributed by atoms with Crippen LogP contribution in [0.25, 0.3) is 33.0 Å². The minimum Gasteiger partial charge on any atom is -0.462 e. The standard InChI is InChI=1S/C34H42O4/c1-5-9-13-23(7-3)21-37-33(35)30-19-28-26-17-11-15-25-16-12-18-27(32(25)26)29(28)20-31(30)34(36)38-22-24(8-4)14-10-6-2/h11-12,15-20,23-24H,5-10,13-14,21-22H2,1-4H3. The summed E-state index contributed by atoms with van der Waals surface area (Å²) in [6.07, 6.45) is 8.46. The lowest BCUT2D eigenvalue weighted by Gasteiger charge is -2.18. The highest BCUT2D eigenvalue weighted by Gasteiger charge is 2.29. The first kappa shape index (κ1) is 27.9. The van der Waals surface area contributed by atoms with Gasteiger partial charge in [-0.2, -0.15) is 0 Å². The molecule has 0 N–H and O–H groups in total. The van der Waals surface area contributed by atoms with E-state index in [9.17, 15) is 9.59 Å². The number of esters is 2. The summed E-state index contributed by atoms with van der Waals surface area (Å²) >= 11 is 0. The average molecular weight is 515 g/mol. The molecule has 4 nitrogen and oxygen atoms in total. The monoisotopic (exact) mass is 514 g/mol. The topological polar surface area (TPSA) is 52.6 Å². The van der Waals surface area contributed by atoms with Crippen LogP contribution in [0.1, 0.15) is 99.8 Å². The molecule has 4 heteroatoms. The van der Waals surface area contributed by atoms with Crippen LogP contribution in [0.5, 0.6) is 0 Å². The second-order valence-corrected chi connectivity index (χ2v) is 10.7. The molecule has 0 heterocycles. The average Bonchev–Trinajstić information content (AvgIpc) is 3.27. The molecule has 1 aliphatic rings. The fourth-order valence-electron chi connectivity index (χ4n) is 5.51. The van der Waals surface area contributed by atoms with Gasteiger partial charge in [0.2, 0.25) is 0 Å². The molecule has 3 aromatic carbocycles. The number of hydrogen-bond donors (Lipinski definition) is 0. The van der Waals surface area contributed by atoms with Crippen LogP contribution < -0.4 is 0 Å². The maximum absolute atomic E-state index is 13.5. The Kier molecular flexibility index (Phi) is 9.60. The molecule has 0 fully saturated rings. The Balaban J connectivity index is 1.67. The molecule has 1 aliphatic carbocycles. The number of unbranched alkanes of at least 4 members (excludes halogenated alkanes) is 2. The summed E-state index contributed by atoms with van der Waals surface area (Å²) in [5, 5.41) is 2.30. The maximum atomic E-state index is 13.5. The molecular formula is C34H42O4. The Bertz CT molecular complexity index is 1180. The third kappa shape index (κ3) is 5.95. The lowest BCUT2D eigenvalue weighted by molar-refractivity contribution is 0.0381. The quantitative estimate of drug-likeness (QED) is 0.157. The van der Waals surface area contributed by atoms with Crippen molar-refractivity contribution >= 4 is 22.7 Å². The van der Waals surface area contributed by atoms with Gasteiger partial charge >= 0.3 is 11.9 Å². The van der Waals surface area contributed by atoms with Crippen LogP contribution in [0.3, 0.4) is 0 Å². The van der Waals surface area contributed by atoms with Crippen molar-refractivity contribution in [1.82, 2.24) is 0 Å². The van der Waals surface area contributed by atoms with Gasteiger partial charge in [-0.05, 0) is 69.8 Å². The summed E-state index contributed by atoms with van der Waals surface area (Å²) in [5.74, 6) is -0.247. The van der Waals surface area contributed by atoms with E-state index in [1.165, 1.54) is 0 Å². The summed E-state index contributed by atoms with van der Waals surface area (Å²) in [4.78, 5) is 27.0. The van der Waals surface area contributed by atoms with Crippen LogP contribution in [0.15, 0.2) is 48.5 Å². The summed E-state index contributed by atoms with van der Waals surface area (Å²) in [6.45, 7) is 9.34. The van der Waals surface area contributed by atoms with Gasteiger partial charge in [-0.1, -0.05) is 103 Å². The lowest BCUT2D eigenvalue weighted by atomic mass is 9.96. The van der Waals surface area contributed by atoms with Gasteiger partial charge in [-0.3, -0.25) is 0 Å². The van der Waals surface area contributed by atoms with Crippen LogP contribution in [-0.2, 0) is 9.47 Å². The molecule has 0 aromatic heterocycles. The molecule has 0 saturated heterocycles. The van der Waals surface area contributed by atoms with E-state index in [-0.39, 0.29) is 0 Å². The molecule has 0 saturated carbocycles. The number of carbonyl (C=O) groups is 2. The van der Waals surface area contributed by atoms with Gasteiger partial charge in [0.25, 0.3) is 0 Å². The zero-order chi connectivity index (χ0) is 27.1.